The van der Waals surface area contributed by atoms with E-state index in [1.54, 1.807) is 61.7 Å². The van der Waals surface area contributed by atoms with Gasteiger partial charge in [0.2, 0.25) is 0 Å². The summed E-state index contributed by atoms with van der Waals surface area (Å²) >= 11 is 0. The molecule has 3 rings (SSSR count). The van der Waals surface area contributed by atoms with Crippen LogP contribution in [0.15, 0.2) is 70.1 Å². The van der Waals surface area contributed by atoms with Gasteiger partial charge in [0.05, 0.1) is 11.1 Å². The lowest BCUT2D eigenvalue weighted by Gasteiger charge is -2.08. The van der Waals surface area contributed by atoms with Crippen molar-refractivity contribution in [3.63, 3.8) is 0 Å². The zero-order valence-electron chi connectivity index (χ0n) is 11.9. The van der Waals surface area contributed by atoms with Crippen molar-refractivity contribution in [2.24, 2.45) is 0 Å². The highest BCUT2D eigenvalue weighted by Crippen LogP contribution is 2.23. The molecule has 1 N–H and O–H groups in total. The quantitative estimate of drug-likeness (QED) is 0.800. The number of hydrogen-bond donors (Lipinski definition) is 1. The maximum Gasteiger partial charge on any atom is 0.261 e. The van der Waals surface area contributed by atoms with E-state index in [2.05, 4.69) is 9.71 Å². The van der Waals surface area contributed by atoms with E-state index in [4.69, 9.17) is 4.42 Å². The molecule has 0 aliphatic rings. The van der Waals surface area contributed by atoms with E-state index in [0.717, 1.165) is 5.56 Å². The summed E-state index contributed by atoms with van der Waals surface area (Å²) in [4.78, 5) is 4.21. The van der Waals surface area contributed by atoms with Crippen LogP contribution in [0.2, 0.25) is 0 Å². The van der Waals surface area contributed by atoms with Crippen LogP contribution in [0.3, 0.4) is 0 Å². The Balaban J connectivity index is 1.86. The second-order valence-electron chi connectivity index (χ2n) is 4.74. The van der Waals surface area contributed by atoms with Crippen LogP contribution >= 0.6 is 0 Å². The van der Waals surface area contributed by atoms with Crippen LogP contribution in [0.25, 0.3) is 11.3 Å². The Morgan fingerprint density at radius 2 is 1.68 bits per heavy atom. The molecule has 1 heterocycles. The molecule has 0 radical (unpaired) electrons. The summed E-state index contributed by atoms with van der Waals surface area (Å²) in [6, 6.07) is 15.2. The molecule has 0 unspecified atom stereocenters. The number of hydrogen-bond acceptors (Lipinski definition) is 4. The van der Waals surface area contributed by atoms with Gasteiger partial charge in [-0.1, -0.05) is 18.2 Å². The predicted molar refractivity (Wildman–Crippen MR) is 83.9 cm³/mol. The van der Waals surface area contributed by atoms with Gasteiger partial charge in [-0.05, 0) is 36.4 Å². The molecule has 1 aromatic heterocycles. The summed E-state index contributed by atoms with van der Waals surface area (Å²) in [6.07, 6.45) is 1.61. The van der Waals surface area contributed by atoms with E-state index < -0.39 is 10.0 Å². The molecule has 0 fully saturated rings. The highest BCUT2D eigenvalue weighted by Gasteiger charge is 2.14. The molecule has 0 bridgehead atoms. The fourth-order valence-corrected chi connectivity index (χ4v) is 3.07. The molecule has 0 amide bonds. The summed E-state index contributed by atoms with van der Waals surface area (Å²) in [5.74, 6) is 1.18. The Labute approximate surface area is 128 Å². The first-order chi connectivity index (χ1) is 10.5. The zero-order valence-corrected chi connectivity index (χ0v) is 12.7. The number of benzene rings is 2. The van der Waals surface area contributed by atoms with E-state index in [9.17, 15) is 8.42 Å². The Hall–Kier alpha value is -2.60. The zero-order chi connectivity index (χ0) is 15.6. The number of aromatic nitrogens is 1. The van der Waals surface area contributed by atoms with Crippen LogP contribution in [-0.4, -0.2) is 13.4 Å². The van der Waals surface area contributed by atoms with Crippen molar-refractivity contribution in [2.75, 3.05) is 4.72 Å². The number of anilines is 1. The minimum atomic E-state index is -3.60. The maximum absolute atomic E-state index is 12.3. The lowest BCUT2D eigenvalue weighted by Crippen LogP contribution is -2.12. The van der Waals surface area contributed by atoms with Gasteiger partial charge in [-0.2, -0.15) is 0 Å². The van der Waals surface area contributed by atoms with Gasteiger partial charge in [-0.3, -0.25) is 4.72 Å². The molecule has 3 aromatic rings. The SMILES string of the molecule is Cc1ncc(-c2ccc(S(=O)(=O)Nc3ccccc3)cc2)o1. The normalized spacial score (nSPS) is 11.3. The van der Waals surface area contributed by atoms with E-state index in [-0.39, 0.29) is 4.90 Å². The fraction of sp³-hybridized carbons (Fsp3) is 0.0625. The van der Waals surface area contributed by atoms with Crippen LogP contribution < -0.4 is 4.72 Å². The number of rotatable bonds is 4. The molecule has 2 aromatic carbocycles. The Kier molecular flexibility index (Phi) is 3.68. The maximum atomic E-state index is 12.3. The highest BCUT2D eigenvalue weighted by atomic mass is 32.2. The molecule has 0 saturated carbocycles. The summed E-state index contributed by atoms with van der Waals surface area (Å²) in [5.41, 5.74) is 1.30. The molecule has 0 saturated heterocycles. The minimum absolute atomic E-state index is 0.191. The van der Waals surface area contributed by atoms with Crippen molar-refractivity contribution < 1.29 is 12.8 Å². The standard InChI is InChI=1S/C16H14N2O3S/c1-12-17-11-16(21-12)13-7-9-15(10-8-13)22(19,20)18-14-5-3-2-4-6-14/h2-11,18H,1H3. The number of aryl methyl sites for hydroxylation is 1. The Bertz CT molecular complexity index is 869. The van der Waals surface area contributed by atoms with Gasteiger partial charge < -0.3 is 4.42 Å². The molecule has 0 spiro atoms. The largest absolute Gasteiger partial charge is 0.441 e. The van der Waals surface area contributed by atoms with Gasteiger partial charge in [-0.15, -0.1) is 0 Å². The molecule has 5 nitrogen and oxygen atoms in total. The van der Waals surface area contributed by atoms with Crippen molar-refractivity contribution in [1.82, 2.24) is 4.98 Å². The van der Waals surface area contributed by atoms with Crippen molar-refractivity contribution in [3.05, 3.63) is 66.7 Å². The van der Waals surface area contributed by atoms with E-state index in [0.29, 0.717) is 17.3 Å². The number of oxazole rings is 1. The van der Waals surface area contributed by atoms with Gasteiger partial charge in [0.25, 0.3) is 10.0 Å². The number of nitrogens with zero attached hydrogens (tertiary/aromatic N) is 1. The summed E-state index contributed by atoms with van der Waals surface area (Å²) in [6.45, 7) is 1.76. The molecule has 22 heavy (non-hydrogen) atoms. The average molecular weight is 314 g/mol. The average Bonchev–Trinajstić information content (AvgIpc) is 2.95. The predicted octanol–water partition coefficient (Wildman–Crippen LogP) is 3.45. The lowest BCUT2D eigenvalue weighted by atomic mass is 10.2. The van der Waals surface area contributed by atoms with Gasteiger partial charge >= 0.3 is 0 Å². The third-order valence-corrected chi connectivity index (χ3v) is 4.49. The monoisotopic (exact) mass is 314 g/mol. The number of sulfonamides is 1. The first-order valence-electron chi connectivity index (χ1n) is 6.65. The third kappa shape index (κ3) is 3.01. The summed E-state index contributed by atoms with van der Waals surface area (Å²) < 4.78 is 32.6. The Morgan fingerprint density at radius 1 is 1.00 bits per heavy atom. The minimum Gasteiger partial charge on any atom is -0.441 e. The van der Waals surface area contributed by atoms with E-state index >= 15 is 0 Å². The highest BCUT2D eigenvalue weighted by molar-refractivity contribution is 7.92. The molecule has 0 aliphatic carbocycles. The van der Waals surface area contributed by atoms with Crippen molar-refractivity contribution in [1.29, 1.82) is 0 Å². The third-order valence-electron chi connectivity index (χ3n) is 3.10. The van der Waals surface area contributed by atoms with Crippen LogP contribution in [0.4, 0.5) is 5.69 Å². The molecular formula is C16H14N2O3S. The Morgan fingerprint density at radius 3 is 2.27 bits per heavy atom. The van der Waals surface area contributed by atoms with Gasteiger partial charge in [-0.25, -0.2) is 13.4 Å². The molecule has 0 atom stereocenters. The summed E-state index contributed by atoms with van der Waals surface area (Å²) in [7, 11) is -3.60. The van der Waals surface area contributed by atoms with E-state index in [1.807, 2.05) is 6.07 Å². The molecular weight excluding hydrogens is 300 g/mol. The first-order valence-corrected chi connectivity index (χ1v) is 8.14. The second kappa shape index (κ2) is 5.65. The van der Waals surface area contributed by atoms with E-state index in [1.165, 1.54) is 0 Å². The summed E-state index contributed by atoms with van der Waals surface area (Å²) in [5, 5.41) is 0. The molecule has 6 heteroatoms. The number of nitrogens with one attached hydrogen (secondary N) is 1. The number of para-hydroxylation sites is 1. The van der Waals surface area contributed by atoms with Gasteiger partial charge in [0.1, 0.15) is 0 Å². The topological polar surface area (TPSA) is 72.2 Å². The van der Waals surface area contributed by atoms with Gasteiger partial charge in [0.15, 0.2) is 11.7 Å². The molecule has 112 valence electrons. The van der Waals surface area contributed by atoms with Gasteiger partial charge in [0, 0.05) is 18.2 Å². The van der Waals surface area contributed by atoms with Crippen LogP contribution in [0.5, 0.6) is 0 Å². The second-order valence-corrected chi connectivity index (χ2v) is 6.42. The first kappa shape index (κ1) is 14.3. The van der Waals surface area contributed by atoms with Crippen molar-refractivity contribution >= 4 is 15.7 Å². The fourth-order valence-electron chi connectivity index (χ4n) is 2.01. The van der Waals surface area contributed by atoms with Crippen LogP contribution in [-0.2, 0) is 10.0 Å². The molecule has 0 aliphatic heterocycles. The van der Waals surface area contributed by atoms with Crippen LogP contribution in [0, 0.1) is 6.92 Å². The van der Waals surface area contributed by atoms with Crippen LogP contribution in [0.1, 0.15) is 5.89 Å². The smallest absolute Gasteiger partial charge is 0.261 e. The lowest BCUT2D eigenvalue weighted by molar-refractivity contribution is 0.534. The van der Waals surface area contributed by atoms with Crippen molar-refractivity contribution in [2.45, 2.75) is 11.8 Å². The van der Waals surface area contributed by atoms with Crippen molar-refractivity contribution in [3.8, 4) is 11.3 Å².